The maximum absolute atomic E-state index is 12.1. The predicted molar refractivity (Wildman–Crippen MR) is 57.2 cm³/mol. The van der Waals surface area contributed by atoms with Crippen LogP contribution in [0.25, 0.3) is 0 Å². The number of hydrogen-bond donors (Lipinski definition) is 0. The maximum Gasteiger partial charge on any atom is 0.411 e. The summed E-state index contributed by atoms with van der Waals surface area (Å²) in [6.07, 6.45) is -0.184. The van der Waals surface area contributed by atoms with Crippen molar-refractivity contribution in [1.29, 1.82) is 0 Å². The first kappa shape index (κ1) is 13.8. The first-order valence-electron chi connectivity index (χ1n) is 5.91. The van der Waals surface area contributed by atoms with Crippen LogP contribution in [0.4, 0.5) is 13.2 Å². The molecule has 0 saturated heterocycles. The summed E-state index contributed by atoms with van der Waals surface area (Å²) in [4.78, 5) is 0. The fourth-order valence-electron chi connectivity index (χ4n) is 2.73. The third kappa shape index (κ3) is 3.96. The van der Waals surface area contributed by atoms with Crippen LogP contribution in [0.2, 0.25) is 0 Å². The first-order valence-corrected chi connectivity index (χ1v) is 5.91. The molecule has 0 aromatic heterocycles. The predicted octanol–water partition coefficient (Wildman–Crippen LogP) is 4.17. The Morgan fingerprint density at radius 2 is 1.94 bits per heavy atom. The second-order valence-corrected chi connectivity index (χ2v) is 5.47. The van der Waals surface area contributed by atoms with Gasteiger partial charge in [-0.25, -0.2) is 0 Å². The Balaban J connectivity index is 2.49. The molecule has 1 rings (SSSR count). The van der Waals surface area contributed by atoms with Crippen LogP contribution < -0.4 is 0 Å². The number of halogens is 3. The van der Waals surface area contributed by atoms with Crippen molar-refractivity contribution in [2.45, 2.75) is 58.7 Å². The molecule has 0 spiro atoms. The highest BCUT2D eigenvalue weighted by atomic mass is 19.4. The second-order valence-electron chi connectivity index (χ2n) is 5.47. The fraction of sp³-hybridized carbons (Fsp3) is 1.00. The molecular formula is C12H21F3O. The van der Waals surface area contributed by atoms with Gasteiger partial charge in [0, 0.05) is 0 Å². The molecule has 0 N–H and O–H groups in total. The van der Waals surface area contributed by atoms with E-state index >= 15 is 0 Å². The van der Waals surface area contributed by atoms with E-state index in [4.69, 9.17) is 4.74 Å². The molecule has 2 atom stereocenters. The van der Waals surface area contributed by atoms with Crippen molar-refractivity contribution in [3.8, 4) is 0 Å². The van der Waals surface area contributed by atoms with Crippen molar-refractivity contribution in [3.05, 3.63) is 0 Å². The van der Waals surface area contributed by atoms with Gasteiger partial charge >= 0.3 is 6.18 Å². The maximum atomic E-state index is 12.1. The van der Waals surface area contributed by atoms with Crippen molar-refractivity contribution in [3.63, 3.8) is 0 Å². The lowest BCUT2D eigenvalue weighted by molar-refractivity contribution is -0.194. The molecule has 1 nitrogen and oxygen atoms in total. The van der Waals surface area contributed by atoms with Crippen LogP contribution in [0.5, 0.6) is 0 Å². The van der Waals surface area contributed by atoms with E-state index in [0.717, 1.165) is 19.3 Å². The average Bonchev–Trinajstić information content (AvgIpc) is 2.12. The van der Waals surface area contributed by atoms with Gasteiger partial charge in [-0.3, -0.25) is 0 Å². The van der Waals surface area contributed by atoms with E-state index in [-0.39, 0.29) is 17.4 Å². The SMILES string of the molecule is CC(OCC(F)(F)F)C1CCCCC1(C)C. The van der Waals surface area contributed by atoms with Crippen LogP contribution in [0, 0.1) is 11.3 Å². The van der Waals surface area contributed by atoms with Crippen LogP contribution in [0.1, 0.15) is 46.5 Å². The average molecular weight is 238 g/mol. The minimum Gasteiger partial charge on any atom is -0.369 e. The molecule has 0 aromatic rings. The highest BCUT2D eigenvalue weighted by molar-refractivity contribution is 4.86. The van der Waals surface area contributed by atoms with Crippen molar-refractivity contribution >= 4 is 0 Å². The molecule has 16 heavy (non-hydrogen) atoms. The molecule has 0 heterocycles. The van der Waals surface area contributed by atoms with Gasteiger partial charge in [0.2, 0.25) is 0 Å². The third-order valence-corrected chi connectivity index (χ3v) is 3.67. The molecule has 1 aliphatic rings. The van der Waals surface area contributed by atoms with Gasteiger partial charge < -0.3 is 4.74 Å². The van der Waals surface area contributed by atoms with E-state index in [9.17, 15) is 13.2 Å². The zero-order valence-electron chi connectivity index (χ0n) is 10.2. The highest BCUT2D eigenvalue weighted by Crippen LogP contribution is 2.43. The van der Waals surface area contributed by atoms with Gasteiger partial charge in [-0.1, -0.05) is 26.7 Å². The Morgan fingerprint density at radius 3 is 2.44 bits per heavy atom. The summed E-state index contributed by atoms with van der Waals surface area (Å²) in [5.74, 6) is 0.239. The standard InChI is InChI=1S/C12H21F3O/c1-9(16-8-12(13,14)15)10-6-4-5-7-11(10,2)3/h9-10H,4-8H2,1-3H3. The zero-order chi connectivity index (χ0) is 12.4. The van der Waals surface area contributed by atoms with Crippen molar-refractivity contribution in [2.24, 2.45) is 11.3 Å². The lowest BCUT2D eigenvalue weighted by atomic mass is 9.67. The number of rotatable bonds is 3. The molecule has 0 aromatic carbocycles. The van der Waals surface area contributed by atoms with Gasteiger partial charge in [0.1, 0.15) is 6.61 Å². The van der Waals surface area contributed by atoms with E-state index in [2.05, 4.69) is 13.8 Å². The minimum atomic E-state index is -4.22. The van der Waals surface area contributed by atoms with Crippen LogP contribution in [0.15, 0.2) is 0 Å². The summed E-state index contributed by atoms with van der Waals surface area (Å²) in [5, 5.41) is 0. The lowest BCUT2D eigenvalue weighted by Crippen LogP contribution is -2.38. The van der Waals surface area contributed by atoms with Gasteiger partial charge in [-0.2, -0.15) is 13.2 Å². The van der Waals surface area contributed by atoms with E-state index in [1.807, 2.05) is 0 Å². The van der Waals surface area contributed by atoms with Crippen LogP contribution in [-0.2, 0) is 4.74 Å². The second kappa shape index (κ2) is 4.94. The molecule has 4 heteroatoms. The molecule has 0 amide bonds. The molecule has 1 aliphatic carbocycles. The summed E-state index contributed by atoms with van der Waals surface area (Å²) < 4.78 is 41.1. The highest BCUT2D eigenvalue weighted by Gasteiger charge is 2.38. The van der Waals surface area contributed by atoms with Gasteiger partial charge in [-0.05, 0) is 31.1 Å². The smallest absolute Gasteiger partial charge is 0.369 e. The lowest BCUT2D eigenvalue weighted by Gasteiger charge is -2.42. The zero-order valence-corrected chi connectivity index (χ0v) is 10.2. The quantitative estimate of drug-likeness (QED) is 0.717. The van der Waals surface area contributed by atoms with Gasteiger partial charge in [0.25, 0.3) is 0 Å². The number of ether oxygens (including phenoxy) is 1. The molecule has 0 radical (unpaired) electrons. The van der Waals surface area contributed by atoms with E-state index < -0.39 is 12.8 Å². The van der Waals surface area contributed by atoms with E-state index in [1.54, 1.807) is 6.92 Å². The number of hydrogen-bond acceptors (Lipinski definition) is 1. The van der Waals surface area contributed by atoms with Gasteiger partial charge in [0.15, 0.2) is 0 Å². The normalized spacial score (nSPS) is 27.8. The van der Waals surface area contributed by atoms with Crippen LogP contribution in [-0.4, -0.2) is 18.9 Å². The fourth-order valence-corrected chi connectivity index (χ4v) is 2.73. The first-order chi connectivity index (χ1) is 7.22. The summed E-state index contributed by atoms with van der Waals surface area (Å²) in [7, 11) is 0. The van der Waals surface area contributed by atoms with Crippen molar-refractivity contribution in [2.75, 3.05) is 6.61 Å². The minimum absolute atomic E-state index is 0.100. The Hall–Kier alpha value is -0.250. The van der Waals surface area contributed by atoms with Gasteiger partial charge in [-0.15, -0.1) is 0 Å². The van der Waals surface area contributed by atoms with Crippen LogP contribution >= 0.6 is 0 Å². The summed E-state index contributed by atoms with van der Waals surface area (Å²) in [5.41, 5.74) is 0.100. The monoisotopic (exact) mass is 238 g/mol. The summed E-state index contributed by atoms with van der Waals surface area (Å²) in [6, 6.07) is 0. The number of alkyl halides is 3. The molecular weight excluding hydrogens is 217 g/mol. The Morgan fingerprint density at radius 1 is 1.31 bits per heavy atom. The largest absolute Gasteiger partial charge is 0.411 e. The summed E-state index contributed by atoms with van der Waals surface area (Å²) in [6.45, 7) is 4.90. The molecule has 2 unspecified atom stereocenters. The Labute approximate surface area is 95.4 Å². The topological polar surface area (TPSA) is 9.23 Å². The Kier molecular flexibility index (Phi) is 4.27. The van der Waals surface area contributed by atoms with Crippen molar-refractivity contribution < 1.29 is 17.9 Å². The molecule has 1 fully saturated rings. The molecule has 0 aliphatic heterocycles. The van der Waals surface area contributed by atoms with Gasteiger partial charge in [0.05, 0.1) is 6.10 Å². The van der Waals surface area contributed by atoms with Crippen molar-refractivity contribution in [1.82, 2.24) is 0 Å². The molecule has 96 valence electrons. The third-order valence-electron chi connectivity index (χ3n) is 3.67. The Bertz CT molecular complexity index is 223. The summed E-state index contributed by atoms with van der Waals surface area (Å²) >= 11 is 0. The van der Waals surface area contributed by atoms with Crippen LogP contribution in [0.3, 0.4) is 0 Å². The molecule has 1 saturated carbocycles. The van der Waals surface area contributed by atoms with E-state index in [0.29, 0.717) is 0 Å². The molecule has 0 bridgehead atoms. The van der Waals surface area contributed by atoms with E-state index in [1.165, 1.54) is 6.42 Å².